The van der Waals surface area contributed by atoms with Crippen molar-refractivity contribution in [2.45, 2.75) is 31.5 Å². The Balaban J connectivity index is 2.50. The van der Waals surface area contributed by atoms with Gasteiger partial charge in [-0.15, -0.1) is 4.79 Å². The Morgan fingerprint density at radius 2 is 2.11 bits per heavy atom. The molecule has 19 heavy (non-hydrogen) atoms. The third-order valence-corrected chi connectivity index (χ3v) is 3.51. The largest absolute Gasteiger partial charge is 0.394 e. The molecule has 1 aliphatic rings. The van der Waals surface area contributed by atoms with Crippen molar-refractivity contribution in [1.82, 2.24) is 9.36 Å². The van der Waals surface area contributed by atoms with Crippen LogP contribution in [-0.2, 0) is 4.74 Å². The highest BCUT2D eigenvalue weighted by Crippen LogP contribution is 2.28. The van der Waals surface area contributed by atoms with Crippen LogP contribution < -0.4 is 5.69 Å². The van der Waals surface area contributed by atoms with Crippen molar-refractivity contribution in [2.75, 3.05) is 6.61 Å². The molecule has 0 radical (unpaired) electrons. The summed E-state index contributed by atoms with van der Waals surface area (Å²) in [6.45, 7) is 0.965. The number of aromatic nitrogens is 2. The normalized spacial score (nSPS) is 30.8. The zero-order valence-corrected chi connectivity index (χ0v) is 10.7. The van der Waals surface area contributed by atoms with Crippen LogP contribution in [0.3, 0.4) is 0 Å². The number of aliphatic hydroxyl groups is 3. The van der Waals surface area contributed by atoms with E-state index in [1.165, 1.54) is 13.1 Å². The van der Waals surface area contributed by atoms with Gasteiger partial charge in [0.1, 0.15) is 23.0 Å². The Labute approximate surface area is 112 Å². The van der Waals surface area contributed by atoms with Gasteiger partial charge in [0, 0.05) is 11.8 Å². The summed E-state index contributed by atoms with van der Waals surface area (Å²) in [5.74, 6) is 0. The molecule has 2 rings (SSSR count). The number of ether oxygens (including phenoxy) is 1. The van der Waals surface area contributed by atoms with Crippen molar-refractivity contribution in [1.29, 1.82) is 0 Å². The van der Waals surface area contributed by atoms with Gasteiger partial charge in [-0.25, -0.2) is 4.79 Å². The van der Waals surface area contributed by atoms with E-state index in [9.17, 15) is 19.5 Å². The number of rotatable bonds is 2. The number of nitrogens with zero attached hydrogens (tertiary/aromatic N) is 2. The molecule has 2 unspecified atom stereocenters. The van der Waals surface area contributed by atoms with Crippen LogP contribution in [-0.4, -0.2) is 49.6 Å². The highest BCUT2D eigenvalue weighted by molar-refractivity contribution is 7.71. The summed E-state index contributed by atoms with van der Waals surface area (Å²) in [6.07, 6.45) is -3.90. The Bertz CT molecular complexity index is 601. The first kappa shape index (κ1) is 14.3. The molecule has 1 aromatic heterocycles. The van der Waals surface area contributed by atoms with Crippen molar-refractivity contribution in [3.63, 3.8) is 0 Å². The first-order chi connectivity index (χ1) is 8.88. The van der Waals surface area contributed by atoms with Crippen LogP contribution in [0.1, 0.15) is 11.8 Å². The average molecular weight is 292 g/mol. The lowest BCUT2D eigenvalue weighted by atomic mass is 10.1. The molecule has 0 aromatic carbocycles. The number of aliphatic hydroxyl groups excluding tert-OH is 3. The minimum Gasteiger partial charge on any atom is -0.394 e. The van der Waals surface area contributed by atoms with Gasteiger partial charge in [-0.1, -0.05) is 16.7 Å². The second-order valence-corrected chi connectivity index (χ2v) is 4.70. The van der Waals surface area contributed by atoms with Gasteiger partial charge in [0.2, 0.25) is 0 Å². The van der Waals surface area contributed by atoms with E-state index in [1.54, 1.807) is 0 Å². The van der Waals surface area contributed by atoms with Gasteiger partial charge < -0.3 is 20.1 Å². The molecule has 7 nitrogen and oxygen atoms in total. The number of aryl methyl sites for hydroxylation is 1. The molecular formula is C10H13FN2O5S. The van der Waals surface area contributed by atoms with Crippen LogP contribution in [0.4, 0.5) is 4.48 Å². The SMILES string of the molecule is Cc1cn([C@@H]2O[C@H](CO)C(O)C2O)c(=O)n(F)c1=S. The summed E-state index contributed by atoms with van der Waals surface area (Å²) in [4.78, 5) is 11.5. The number of halogens is 1. The quantitative estimate of drug-likeness (QED) is 0.607. The first-order valence-corrected chi connectivity index (χ1v) is 5.92. The Morgan fingerprint density at radius 3 is 2.63 bits per heavy atom. The summed E-state index contributed by atoms with van der Waals surface area (Å²) in [5.41, 5.74) is -0.819. The van der Waals surface area contributed by atoms with E-state index in [4.69, 9.17) is 22.1 Å². The molecule has 0 spiro atoms. The summed E-state index contributed by atoms with van der Waals surface area (Å²) < 4.78 is 19.2. The van der Waals surface area contributed by atoms with Crippen LogP contribution in [0.5, 0.6) is 0 Å². The van der Waals surface area contributed by atoms with Gasteiger partial charge >= 0.3 is 5.69 Å². The van der Waals surface area contributed by atoms with Gasteiger partial charge in [0.05, 0.1) is 6.61 Å². The molecule has 1 fully saturated rings. The van der Waals surface area contributed by atoms with Crippen LogP contribution >= 0.6 is 12.2 Å². The van der Waals surface area contributed by atoms with Crippen molar-refractivity contribution in [2.24, 2.45) is 0 Å². The van der Waals surface area contributed by atoms with E-state index in [1.807, 2.05) is 0 Å². The number of hydrogen-bond donors (Lipinski definition) is 3. The van der Waals surface area contributed by atoms with E-state index in [2.05, 4.69) is 0 Å². The van der Waals surface area contributed by atoms with E-state index in [0.717, 1.165) is 4.57 Å². The maximum atomic E-state index is 13.5. The summed E-state index contributed by atoms with van der Waals surface area (Å²) >= 11 is 4.70. The van der Waals surface area contributed by atoms with Crippen molar-refractivity contribution in [3.8, 4) is 0 Å². The van der Waals surface area contributed by atoms with Crippen LogP contribution in [0.2, 0.25) is 0 Å². The molecule has 106 valence electrons. The zero-order chi connectivity index (χ0) is 14.3. The minimum absolute atomic E-state index is 0.237. The highest BCUT2D eigenvalue weighted by Gasteiger charge is 2.44. The fraction of sp³-hybridized carbons (Fsp3) is 0.600. The fourth-order valence-corrected chi connectivity index (χ4v) is 2.09. The third kappa shape index (κ3) is 2.23. The van der Waals surface area contributed by atoms with Crippen LogP contribution in [0.15, 0.2) is 11.0 Å². The molecule has 1 aliphatic heterocycles. The predicted molar refractivity (Wildman–Crippen MR) is 63.8 cm³/mol. The molecule has 4 atom stereocenters. The smallest absolute Gasteiger partial charge is 0.359 e. The molecule has 0 amide bonds. The zero-order valence-electron chi connectivity index (χ0n) is 9.93. The van der Waals surface area contributed by atoms with Gasteiger partial charge in [-0.2, -0.15) is 0 Å². The molecule has 1 aromatic rings. The Hall–Kier alpha value is -1.13. The molecule has 9 heteroatoms. The van der Waals surface area contributed by atoms with Gasteiger partial charge in [-0.3, -0.25) is 4.57 Å². The lowest BCUT2D eigenvalue weighted by molar-refractivity contribution is -0.0565. The fourth-order valence-electron chi connectivity index (χ4n) is 1.95. The van der Waals surface area contributed by atoms with Crippen molar-refractivity contribution >= 4 is 12.2 Å². The molecule has 3 N–H and O–H groups in total. The summed E-state index contributed by atoms with van der Waals surface area (Å²) in [5, 5.41) is 28.3. The molecular weight excluding hydrogens is 279 g/mol. The van der Waals surface area contributed by atoms with Crippen LogP contribution in [0, 0.1) is 11.6 Å². The Kier molecular flexibility index (Phi) is 3.83. The molecule has 0 bridgehead atoms. The maximum absolute atomic E-state index is 13.5. The molecule has 0 saturated carbocycles. The average Bonchev–Trinajstić information content (AvgIpc) is 2.68. The van der Waals surface area contributed by atoms with E-state index in [-0.39, 0.29) is 9.43 Å². The maximum Gasteiger partial charge on any atom is 0.359 e. The van der Waals surface area contributed by atoms with Gasteiger partial charge in [0.15, 0.2) is 6.23 Å². The standard InChI is InChI=1S/C10H13FN2O5S/c1-4-2-12(10(17)13(11)9(4)19)8-7(16)6(15)5(3-14)18-8/h2,5-8,14-16H,3H2,1H3/t5-,6?,7?,8-/m1/s1. The lowest BCUT2D eigenvalue weighted by Crippen LogP contribution is -2.37. The third-order valence-electron chi connectivity index (χ3n) is 3.03. The number of hydrogen-bond acceptors (Lipinski definition) is 6. The van der Waals surface area contributed by atoms with E-state index >= 15 is 0 Å². The van der Waals surface area contributed by atoms with Crippen LogP contribution in [0.25, 0.3) is 0 Å². The Morgan fingerprint density at radius 1 is 1.47 bits per heavy atom. The van der Waals surface area contributed by atoms with Crippen molar-refractivity contribution < 1.29 is 24.5 Å². The molecule has 2 heterocycles. The molecule has 1 saturated heterocycles. The summed E-state index contributed by atoms with van der Waals surface area (Å²) in [6, 6.07) is 0. The first-order valence-electron chi connectivity index (χ1n) is 5.52. The summed E-state index contributed by atoms with van der Waals surface area (Å²) in [7, 11) is 0. The van der Waals surface area contributed by atoms with Gasteiger partial charge in [-0.05, 0) is 6.92 Å². The topological polar surface area (TPSA) is 96.9 Å². The monoisotopic (exact) mass is 292 g/mol. The van der Waals surface area contributed by atoms with Gasteiger partial charge in [0.25, 0.3) is 0 Å². The minimum atomic E-state index is -1.45. The predicted octanol–water partition coefficient (Wildman–Crippen LogP) is -0.968. The lowest BCUT2D eigenvalue weighted by Gasteiger charge is -2.18. The highest BCUT2D eigenvalue weighted by atomic mass is 32.1. The van der Waals surface area contributed by atoms with E-state index < -0.39 is 36.8 Å². The van der Waals surface area contributed by atoms with Crippen molar-refractivity contribution in [3.05, 3.63) is 26.9 Å². The second kappa shape index (κ2) is 5.10. The molecule has 0 aliphatic carbocycles. The van der Waals surface area contributed by atoms with E-state index in [0.29, 0.717) is 5.56 Å². The second-order valence-electron chi connectivity index (χ2n) is 4.32.